The summed E-state index contributed by atoms with van der Waals surface area (Å²) in [5.41, 5.74) is -0.150. The van der Waals surface area contributed by atoms with Crippen molar-refractivity contribution in [1.29, 1.82) is 0 Å². The second kappa shape index (κ2) is 7.55. The number of likely N-dealkylation sites (tertiary alicyclic amines) is 1. The first-order chi connectivity index (χ1) is 14.4. The maximum atomic E-state index is 14.2. The van der Waals surface area contributed by atoms with E-state index in [0.29, 0.717) is 17.3 Å². The van der Waals surface area contributed by atoms with Crippen LogP contribution in [0.1, 0.15) is 28.9 Å². The number of aliphatic hydroxyl groups excluding tert-OH is 1. The van der Waals surface area contributed by atoms with Crippen molar-refractivity contribution in [3.63, 3.8) is 0 Å². The number of aliphatic hydroxyl groups is 1. The Morgan fingerprint density at radius 3 is 2.63 bits per heavy atom. The summed E-state index contributed by atoms with van der Waals surface area (Å²) in [5, 5.41) is 10.9. The summed E-state index contributed by atoms with van der Waals surface area (Å²) >= 11 is 0. The van der Waals surface area contributed by atoms with Gasteiger partial charge in [-0.2, -0.15) is 0 Å². The number of carbonyl (C=O) groups is 2. The molecule has 4 rings (SSSR count). The largest absolute Gasteiger partial charge is 0.507 e. The third-order valence-electron chi connectivity index (χ3n) is 4.90. The van der Waals surface area contributed by atoms with E-state index in [1.54, 1.807) is 31.2 Å². The number of halogens is 1. The highest BCUT2D eigenvalue weighted by Crippen LogP contribution is 2.41. The topological polar surface area (TPSA) is 93.1 Å². The minimum Gasteiger partial charge on any atom is -0.507 e. The van der Waals surface area contributed by atoms with Gasteiger partial charge in [-0.3, -0.25) is 9.59 Å². The highest BCUT2D eigenvalue weighted by Gasteiger charge is 2.47. The minimum atomic E-state index is -0.992. The molecule has 0 spiro atoms. The lowest BCUT2D eigenvalue weighted by molar-refractivity contribution is -0.140. The molecule has 1 N–H and O–H groups in total. The molecule has 2 aromatic heterocycles. The molecule has 1 amide bonds. The molecule has 1 aliphatic heterocycles. The van der Waals surface area contributed by atoms with Gasteiger partial charge in [0.15, 0.2) is 11.6 Å². The molecule has 0 bridgehead atoms. The quantitative estimate of drug-likeness (QED) is 0.388. The Morgan fingerprint density at radius 1 is 1.23 bits per heavy atom. The predicted molar refractivity (Wildman–Crippen MR) is 103 cm³/mol. The number of hydrogen-bond donors (Lipinski definition) is 1. The molecule has 1 fully saturated rings. The van der Waals surface area contributed by atoms with Gasteiger partial charge < -0.3 is 23.6 Å². The van der Waals surface area contributed by atoms with Gasteiger partial charge in [-0.05, 0) is 49.4 Å². The third kappa shape index (κ3) is 3.26. The van der Waals surface area contributed by atoms with Crippen LogP contribution in [0.2, 0.25) is 0 Å². The Balaban J connectivity index is 1.85. The number of furan rings is 2. The van der Waals surface area contributed by atoms with Crippen LogP contribution in [0.15, 0.2) is 63.1 Å². The molecule has 3 aromatic rings. The number of amides is 1. The Morgan fingerprint density at radius 2 is 2.03 bits per heavy atom. The van der Waals surface area contributed by atoms with E-state index in [9.17, 15) is 19.1 Å². The summed E-state index contributed by atoms with van der Waals surface area (Å²) in [6.07, 6.45) is 1.46. The van der Waals surface area contributed by atoms with Crippen LogP contribution in [0.3, 0.4) is 0 Å². The molecular formula is C22H18FNO6. The Hall–Kier alpha value is -3.81. The molecule has 30 heavy (non-hydrogen) atoms. The number of Topliss-reactive ketones (excluding diaryl/α,β-unsaturated/α-hetero) is 1. The summed E-state index contributed by atoms with van der Waals surface area (Å²) in [6.45, 7) is 1.72. The molecule has 3 heterocycles. The van der Waals surface area contributed by atoms with E-state index in [4.69, 9.17) is 13.6 Å². The number of methoxy groups -OCH3 is 1. The van der Waals surface area contributed by atoms with E-state index < -0.39 is 29.3 Å². The van der Waals surface area contributed by atoms with E-state index >= 15 is 0 Å². The van der Waals surface area contributed by atoms with Crippen LogP contribution in [-0.4, -0.2) is 28.8 Å². The Kier molecular flexibility index (Phi) is 4.91. The molecule has 0 radical (unpaired) electrons. The molecule has 1 aliphatic rings. The average molecular weight is 411 g/mol. The zero-order valence-corrected chi connectivity index (χ0v) is 16.2. The van der Waals surface area contributed by atoms with Crippen LogP contribution >= 0.6 is 0 Å². The van der Waals surface area contributed by atoms with Crippen molar-refractivity contribution >= 4 is 17.4 Å². The number of ether oxygens (including phenoxy) is 1. The standard InChI is InChI=1S/C22H18FNO6/c1-12-5-7-17(30-12)19-18(20(25)13-6-8-16(28-2)15(23)10-13)21(26)22(27)24(19)11-14-4-3-9-29-14/h3-10,19,25H,11H2,1-2H3/t19-/m0/s1. The van der Waals surface area contributed by atoms with Gasteiger partial charge in [0.1, 0.15) is 29.1 Å². The fourth-order valence-electron chi connectivity index (χ4n) is 3.48. The van der Waals surface area contributed by atoms with Crippen LogP contribution in [0.5, 0.6) is 5.75 Å². The number of benzene rings is 1. The summed E-state index contributed by atoms with van der Waals surface area (Å²) in [5.74, 6) is -1.61. The number of aryl methyl sites for hydroxylation is 1. The van der Waals surface area contributed by atoms with Gasteiger partial charge in [0.05, 0.1) is 25.5 Å². The fraction of sp³-hybridized carbons (Fsp3) is 0.182. The minimum absolute atomic E-state index is 0.00422. The molecule has 0 saturated carbocycles. The summed E-state index contributed by atoms with van der Waals surface area (Å²) in [6, 6.07) is 9.43. The molecule has 8 heteroatoms. The maximum Gasteiger partial charge on any atom is 0.296 e. The normalized spacial score (nSPS) is 18.2. The van der Waals surface area contributed by atoms with E-state index in [2.05, 4.69) is 0 Å². The van der Waals surface area contributed by atoms with Crippen LogP contribution in [0.4, 0.5) is 4.39 Å². The number of ketones is 1. The van der Waals surface area contributed by atoms with Crippen LogP contribution < -0.4 is 4.74 Å². The van der Waals surface area contributed by atoms with Crippen molar-refractivity contribution in [2.45, 2.75) is 19.5 Å². The Labute approximate surface area is 171 Å². The molecule has 1 aromatic carbocycles. The molecule has 1 atom stereocenters. The zero-order valence-electron chi connectivity index (χ0n) is 16.2. The monoisotopic (exact) mass is 411 g/mol. The average Bonchev–Trinajstić information content (AvgIpc) is 3.45. The molecule has 7 nitrogen and oxygen atoms in total. The van der Waals surface area contributed by atoms with Crippen LogP contribution in [0, 0.1) is 12.7 Å². The van der Waals surface area contributed by atoms with Crippen molar-refractivity contribution in [3.8, 4) is 5.75 Å². The summed E-state index contributed by atoms with van der Waals surface area (Å²) in [4.78, 5) is 26.9. The molecule has 154 valence electrons. The van der Waals surface area contributed by atoms with Crippen LogP contribution in [0.25, 0.3) is 5.76 Å². The first-order valence-electron chi connectivity index (χ1n) is 9.11. The van der Waals surface area contributed by atoms with Crippen molar-refractivity contribution in [2.75, 3.05) is 7.11 Å². The van der Waals surface area contributed by atoms with E-state index in [1.165, 1.54) is 30.4 Å². The highest BCUT2D eigenvalue weighted by atomic mass is 19.1. The first kappa shape index (κ1) is 19.5. The predicted octanol–water partition coefficient (Wildman–Crippen LogP) is 3.95. The van der Waals surface area contributed by atoms with Gasteiger partial charge >= 0.3 is 0 Å². The smallest absolute Gasteiger partial charge is 0.296 e. The second-order valence-electron chi connectivity index (χ2n) is 6.80. The first-order valence-corrected chi connectivity index (χ1v) is 9.11. The second-order valence-corrected chi connectivity index (χ2v) is 6.80. The number of hydrogen-bond acceptors (Lipinski definition) is 6. The van der Waals surface area contributed by atoms with E-state index in [0.717, 1.165) is 6.07 Å². The van der Waals surface area contributed by atoms with Crippen molar-refractivity contribution in [1.82, 2.24) is 4.90 Å². The van der Waals surface area contributed by atoms with Gasteiger partial charge in [0.25, 0.3) is 11.7 Å². The fourth-order valence-corrected chi connectivity index (χ4v) is 3.48. The van der Waals surface area contributed by atoms with Crippen molar-refractivity contribution in [3.05, 3.63) is 83.0 Å². The van der Waals surface area contributed by atoms with Crippen LogP contribution in [-0.2, 0) is 16.1 Å². The number of nitrogens with zero attached hydrogens (tertiary/aromatic N) is 1. The van der Waals surface area contributed by atoms with Gasteiger partial charge in [-0.15, -0.1) is 0 Å². The van der Waals surface area contributed by atoms with Gasteiger partial charge in [0.2, 0.25) is 0 Å². The van der Waals surface area contributed by atoms with Gasteiger partial charge in [0, 0.05) is 5.56 Å². The third-order valence-corrected chi connectivity index (χ3v) is 4.90. The molecule has 0 aliphatic carbocycles. The lowest BCUT2D eigenvalue weighted by Crippen LogP contribution is -2.28. The number of carbonyl (C=O) groups excluding carboxylic acids is 2. The van der Waals surface area contributed by atoms with Gasteiger partial charge in [-0.25, -0.2) is 4.39 Å². The van der Waals surface area contributed by atoms with Gasteiger partial charge in [-0.1, -0.05) is 0 Å². The highest BCUT2D eigenvalue weighted by molar-refractivity contribution is 6.46. The summed E-state index contributed by atoms with van der Waals surface area (Å²) < 4.78 is 30.0. The lowest BCUT2D eigenvalue weighted by Gasteiger charge is -2.22. The molecule has 0 unspecified atom stereocenters. The Bertz CT molecular complexity index is 1140. The van der Waals surface area contributed by atoms with Crippen molar-refractivity contribution in [2.24, 2.45) is 0 Å². The van der Waals surface area contributed by atoms with Crippen molar-refractivity contribution < 1.29 is 32.7 Å². The van der Waals surface area contributed by atoms with E-state index in [1.807, 2.05) is 0 Å². The maximum absolute atomic E-state index is 14.2. The molecular weight excluding hydrogens is 393 g/mol. The molecule has 1 saturated heterocycles. The SMILES string of the molecule is COc1ccc(C(O)=C2C(=O)C(=O)N(Cc3ccco3)[C@H]2c2ccc(C)o2)cc1F. The number of rotatable bonds is 5. The lowest BCUT2D eigenvalue weighted by atomic mass is 9.99. The van der Waals surface area contributed by atoms with E-state index in [-0.39, 0.29) is 23.4 Å². The summed E-state index contributed by atoms with van der Waals surface area (Å²) in [7, 11) is 1.32. The zero-order chi connectivity index (χ0) is 21.4.